The maximum atomic E-state index is 13.7. The lowest BCUT2D eigenvalue weighted by Gasteiger charge is -2.12. The summed E-state index contributed by atoms with van der Waals surface area (Å²) in [6.45, 7) is 0.930. The van der Waals surface area contributed by atoms with Crippen molar-refractivity contribution in [3.05, 3.63) is 64.0 Å². The summed E-state index contributed by atoms with van der Waals surface area (Å²) >= 11 is 3.32. The summed E-state index contributed by atoms with van der Waals surface area (Å²) in [5.41, 5.74) is 0.232. The van der Waals surface area contributed by atoms with Crippen LogP contribution in [-0.4, -0.2) is 48.5 Å². The van der Waals surface area contributed by atoms with Crippen molar-refractivity contribution in [1.82, 2.24) is 10.2 Å². The van der Waals surface area contributed by atoms with Crippen molar-refractivity contribution >= 4 is 51.5 Å². The zero-order valence-corrected chi connectivity index (χ0v) is 19.0. The minimum absolute atomic E-state index is 0.0668. The molecule has 11 heteroatoms. The van der Waals surface area contributed by atoms with Gasteiger partial charge in [-0.15, -0.1) is 0 Å². The zero-order chi connectivity index (χ0) is 24.0. The van der Waals surface area contributed by atoms with Crippen LogP contribution in [0.1, 0.15) is 12.5 Å². The van der Waals surface area contributed by atoms with E-state index in [-0.39, 0.29) is 30.3 Å². The minimum atomic E-state index is -0.807. The number of hydrogen-bond acceptors (Lipinski definition) is 6. The van der Waals surface area contributed by atoms with Crippen LogP contribution < -0.4 is 15.4 Å². The van der Waals surface area contributed by atoms with Crippen molar-refractivity contribution in [2.45, 2.75) is 6.92 Å². The average molecular weight is 520 g/mol. The van der Waals surface area contributed by atoms with Crippen LogP contribution in [0.3, 0.4) is 0 Å². The Hall–Kier alpha value is -3.73. The summed E-state index contributed by atoms with van der Waals surface area (Å²) in [5.74, 6) is -2.42. The molecule has 2 N–H and O–H groups in total. The number of esters is 1. The van der Waals surface area contributed by atoms with Gasteiger partial charge in [0.25, 0.3) is 5.91 Å². The molecule has 4 amide bonds. The summed E-state index contributed by atoms with van der Waals surface area (Å²) in [6.07, 6.45) is 1.36. The van der Waals surface area contributed by atoms with E-state index in [0.717, 1.165) is 0 Å². The van der Waals surface area contributed by atoms with Gasteiger partial charge in [-0.25, -0.2) is 18.9 Å². The molecule has 0 aliphatic carbocycles. The maximum absolute atomic E-state index is 13.7. The quantitative estimate of drug-likeness (QED) is 0.314. The first-order valence-corrected chi connectivity index (χ1v) is 10.5. The predicted molar refractivity (Wildman–Crippen MR) is 120 cm³/mol. The zero-order valence-electron chi connectivity index (χ0n) is 17.4. The first-order valence-electron chi connectivity index (χ1n) is 9.75. The number of anilines is 1. The van der Waals surface area contributed by atoms with E-state index in [1.807, 2.05) is 0 Å². The molecule has 1 aliphatic rings. The van der Waals surface area contributed by atoms with Gasteiger partial charge in [-0.2, -0.15) is 0 Å². The Balaban J connectivity index is 1.74. The Labute approximate surface area is 196 Å². The number of nitrogens with zero attached hydrogens (tertiary/aromatic N) is 1. The molecule has 3 rings (SSSR count). The predicted octanol–water partition coefficient (Wildman–Crippen LogP) is 3.06. The molecule has 33 heavy (non-hydrogen) atoms. The van der Waals surface area contributed by atoms with Crippen molar-refractivity contribution in [1.29, 1.82) is 0 Å². The molecule has 2 aromatic carbocycles. The van der Waals surface area contributed by atoms with E-state index in [4.69, 9.17) is 9.47 Å². The highest BCUT2D eigenvalue weighted by Crippen LogP contribution is 2.26. The molecule has 1 saturated heterocycles. The molecule has 1 aliphatic heterocycles. The molecular formula is C22H19BrFN3O6. The molecule has 0 atom stereocenters. The molecule has 0 bridgehead atoms. The first-order chi connectivity index (χ1) is 15.8. The topological polar surface area (TPSA) is 114 Å². The number of halogens is 2. The molecule has 1 heterocycles. The summed E-state index contributed by atoms with van der Waals surface area (Å²) in [4.78, 5) is 49.5. The van der Waals surface area contributed by atoms with Crippen LogP contribution in [0.2, 0.25) is 0 Å². The molecule has 2 aromatic rings. The van der Waals surface area contributed by atoms with Crippen LogP contribution in [0.15, 0.2) is 52.6 Å². The fourth-order valence-electron chi connectivity index (χ4n) is 2.87. The Morgan fingerprint density at radius 1 is 1.21 bits per heavy atom. The third-order valence-electron chi connectivity index (χ3n) is 4.33. The second-order valence-electron chi connectivity index (χ2n) is 6.68. The van der Waals surface area contributed by atoms with Crippen molar-refractivity contribution < 1.29 is 33.0 Å². The van der Waals surface area contributed by atoms with E-state index in [1.54, 1.807) is 25.1 Å². The molecular weight excluding hydrogens is 501 g/mol. The molecule has 172 valence electrons. The molecule has 0 spiro atoms. The van der Waals surface area contributed by atoms with E-state index in [2.05, 4.69) is 26.6 Å². The number of carbonyl (C=O) groups is 4. The smallest absolute Gasteiger partial charge is 0.344 e. The van der Waals surface area contributed by atoms with Gasteiger partial charge in [0.15, 0.2) is 6.61 Å². The second kappa shape index (κ2) is 10.7. The largest absolute Gasteiger partial charge is 0.481 e. The number of amides is 4. The van der Waals surface area contributed by atoms with Gasteiger partial charge >= 0.3 is 12.0 Å². The fourth-order valence-corrected chi connectivity index (χ4v) is 3.25. The Kier molecular flexibility index (Phi) is 7.78. The minimum Gasteiger partial charge on any atom is -0.481 e. The Morgan fingerprint density at radius 3 is 2.70 bits per heavy atom. The van der Waals surface area contributed by atoms with Gasteiger partial charge in [0.2, 0.25) is 5.91 Å². The van der Waals surface area contributed by atoms with Crippen LogP contribution in [0.25, 0.3) is 6.08 Å². The number of urea groups is 1. The summed E-state index contributed by atoms with van der Waals surface area (Å²) in [6, 6.07) is 9.60. The van der Waals surface area contributed by atoms with E-state index in [0.29, 0.717) is 14.9 Å². The van der Waals surface area contributed by atoms with Gasteiger partial charge in [-0.1, -0.05) is 28.1 Å². The molecule has 0 radical (unpaired) electrons. The fraction of sp³-hybridized carbons (Fsp3) is 0.182. The Bertz CT molecular complexity index is 1140. The lowest BCUT2D eigenvalue weighted by Crippen LogP contribution is -2.38. The summed E-state index contributed by atoms with van der Waals surface area (Å²) in [7, 11) is 0. The standard InChI is InChI=1S/C22H19BrFN3O6/c1-2-32-20(29)12-33-18-8-7-14(23)9-13(18)10-17-21(30)27(22(31)26-17)11-19(28)25-16-6-4-3-5-15(16)24/h3-10H,2,11-12H2,1H3,(H,25,28)(H,26,31)/b17-10+. The summed E-state index contributed by atoms with van der Waals surface area (Å²) < 4.78 is 24.7. The third-order valence-corrected chi connectivity index (χ3v) is 4.83. The number of nitrogens with one attached hydrogen (secondary N) is 2. The van der Waals surface area contributed by atoms with E-state index < -0.39 is 36.2 Å². The van der Waals surface area contributed by atoms with Crippen molar-refractivity contribution in [3.8, 4) is 5.75 Å². The van der Waals surface area contributed by atoms with E-state index in [1.165, 1.54) is 30.3 Å². The van der Waals surface area contributed by atoms with Crippen LogP contribution in [0, 0.1) is 5.82 Å². The number of para-hydroxylation sites is 1. The molecule has 1 fully saturated rings. The number of benzene rings is 2. The van der Waals surface area contributed by atoms with Crippen molar-refractivity contribution in [2.75, 3.05) is 25.1 Å². The van der Waals surface area contributed by atoms with Gasteiger partial charge in [0.05, 0.1) is 12.3 Å². The van der Waals surface area contributed by atoms with E-state index in [9.17, 15) is 23.6 Å². The SMILES string of the molecule is CCOC(=O)COc1ccc(Br)cc1/C=C1/NC(=O)N(CC(=O)Nc2ccccc2F)C1=O. The van der Waals surface area contributed by atoms with Crippen molar-refractivity contribution in [3.63, 3.8) is 0 Å². The van der Waals surface area contributed by atoms with Crippen LogP contribution >= 0.6 is 15.9 Å². The highest BCUT2D eigenvalue weighted by molar-refractivity contribution is 9.10. The molecule has 0 unspecified atom stereocenters. The average Bonchev–Trinajstić information content (AvgIpc) is 3.02. The number of carbonyl (C=O) groups excluding carboxylic acids is 4. The van der Waals surface area contributed by atoms with Crippen LogP contribution in [0.4, 0.5) is 14.9 Å². The van der Waals surface area contributed by atoms with Crippen LogP contribution in [0.5, 0.6) is 5.75 Å². The van der Waals surface area contributed by atoms with Crippen molar-refractivity contribution in [2.24, 2.45) is 0 Å². The van der Waals surface area contributed by atoms with Gasteiger partial charge in [-0.3, -0.25) is 9.59 Å². The summed E-state index contributed by atoms with van der Waals surface area (Å²) in [5, 5.41) is 4.72. The highest BCUT2D eigenvalue weighted by Gasteiger charge is 2.35. The molecule has 9 nitrogen and oxygen atoms in total. The van der Waals surface area contributed by atoms with Gasteiger partial charge in [0, 0.05) is 10.0 Å². The highest BCUT2D eigenvalue weighted by atomic mass is 79.9. The number of rotatable bonds is 8. The second-order valence-corrected chi connectivity index (χ2v) is 7.60. The lowest BCUT2D eigenvalue weighted by molar-refractivity contribution is -0.145. The maximum Gasteiger partial charge on any atom is 0.344 e. The van der Waals surface area contributed by atoms with Crippen LogP contribution in [-0.2, 0) is 19.1 Å². The van der Waals surface area contributed by atoms with Gasteiger partial charge in [0.1, 0.15) is 23.8 Å². The Morgan fingerprint density at radius 2 is 1.97 bits per heavy atom. The molecule has 0 aromatic heterocycles. The normalized spacial score (nSPS) is 14.3. The number of hydrogen-bond donors (Lipinski definition) is 2. The van der Waals surface area contributed by atoms with E-state index >= 15 is 0 Å². The number of ether oxygens (including phenoxy) is 2. The molecule has 0 saturated carbocycles. The lowest BCUT2D eigenvalue weighted by atomic mass is 10.1. The van der Waals surface area contributed by atoms with Gasteiger partial charge in [-0.05, 0) is 43.3 Å². The first kappa shape index (κ1) is 23.9. The number of imide groups is 1. The third kappa shape index (κ3) is 6.16. The monoisotopic (exact) mass is 519 g/mol. The van der Waals surface area contributed by atoms with Gasteiger partial charge < -0.3 is 20.1 Å².